The van der Waals surface area contributed by atoms with Crippen LogP contribution in [-0.4, -0.2) is 24.8 Å². The second kappa shape index (κ2) is 2.51. The first-order valence-corrected chi connectivity index (χ1v) is 4.24. The summed E-state index contributed by atoms with van der Waals surface area (Å²) in [4.78, 5) is 0. The summed E-state index contributed by atoms with van der Waals surface area (Å²) in [5.41, 5.74) is 0. The predicted molar refractivity (Wildman–Crippen MR) is 40.0 cm³/mol. The Bertz CT molecular complexity index is 122. The topological polar surface area (TPSA) is 21.3 Å². The molecule has 0 amide bonds. The molecule has 10 heavy (non-hydrogen) atoms. The Balaban J connectivity index is 1.79. The highest BCUT2D eigenvalue weighted by Gasteiger charge is 2.30. The van der Waals surface area contributed by atoms with Gasteiger partial charge in [-0.05, 0) is 26.2 Å². The van der Waals surface area contributed by atoms with E-state index < -0.39 is 0 Å². The predicted octanol–water partition coefficient (Wildman–Crippen LogP) is 0.916. The minimum atomic E-state index is 0.445. The molecular weight excluding hydrogens is 126 g/mol. The van der Waals surface area contributed by atoms with E-state index in [-0.39, 0.29) is 0 Å². The molecule has 1 aliphatic heterocycles. The maximum atomic E-state index is 5.43. The molecule has 1 N–H and O–H groups in total. The van der Waals surface area contributed by atoms with Gasteiger partial charge in [0.25, 0.3) is 0 Å². The van der Waals surface area contributed by atoms with Gasteiger partial charge in [-0.25, -0.2) is 0 Å². The third-order valence-electron chi connectivity index (χ3n) is 2.40. The molecule has 2 fully saturated rings. The Hall–Kier alpha value is -0.0800. The Morgan fingerprint density at radius 1 is 1.30 bits per heavy atom. The monoisotopic (exact) mass is 141 g/mol. The summed E-state index contributed by atoms with van der Waals surface area (Å²) in [6, 6.07) is 1.47. The molecule has 1 aliphatic carbocycles. The zero-order valence-corrected chi connectivity index (χ0v) is 6.47. The van der Waals surface area contributed by atoms with Crippen LogP contribution >= 0.6 is 0 Å². The van der Waals surface area contributed by atoms with Crippen molar-refractivity contribution < 1.29 is 4.74 Å². The summed E-state index contributed by atoms with van der Waals surface area (Å²) in [6.07, 6.45) is 4.41. The molecule has 1 heterocycles. The van der Waals surface area contributed by atoms with E-state index in [1.54, 1.807) is 0 Å². The smallest absolute Gasteiger partial charge is 0.0700 e. The van der Waals surface area contributed by atoms with Gasteiger partial charge < -0.3 is 10.1 Å². The largest absolute Gasteiger partial charge is 0.377 e. The third-order valence-corrected chi connectivity index (χ3v) is 2.40. The van der Waals surface area contributed by atoms with Gasteiger partial charge in [0.1, 0.15) is 0 Å². The van der Waals surface area contributed by atoms with Gasteiger partial charge in [-0.3, -0.25) is 0 Å². The van der Waals surface area contributed by atoms with Crippen molar-refractivity contribution in [3.8, 4) is 0 Å². The third kappa shape index (κ3) is 1.32. The quantitative estimate of drug-likeness (QED) is 0.617. The van der Waals surface area contributed by atoms with Crippen LogP contribution in [0.15, 0.2) is 0 Å². The molecule has 2 unspecified atom stereocenters. The highest BCUT2D eigenvalue weighted by atomic mass is 16.5. The summed E-state index contributed by atoms with van der Waals surface area (Å²) in [6.45, 7) is 3.11. The molecule has 2 nitrogen and oxygen atoms in total. The van der Waals surface area contributed by atoms with Crippen LogP contribution in [-0.2, 0) is 4.74 Å². The summed E-state index contributed by atoms with van der Waals surface area (Å²) in [7, 11) is 0. The van der Waals surface area contributed by atoms with Crippen molar-refractivity contribution in [1.82, 2.24) is 5.32 Å². The van der Waals surface area contributed by atoms with E-state index in [1.165, 1.54) is 19.3 Å². The van der Waals surface area contributed by atoms with Crippen LogP contribution in [0.2, 0.25) is 0 Å². The van der Waals surface area contributed by atoms with Crippen LogP contribution < -0.4 is 5.32 Å². The molecule has 2 aliphatic rings. The minimum Gasteiger partial charge on any atom is -0.377 e. The fourth-order valence-electron chi connectivity index (χ4n) is 1.50. The van der Waals surface area contributed by atoms with E-state index in [0.29, 0.717) is 12.1 Å². The van der Waals surface area contributed by atoms with Crippen molar-refractivity contribution >= 4 is 0 Å². The van der Waals surface area contributed by atoms with E-state index in [0.717, 1.165) is 12.6 Å². The summed E-state index contributed by atoms with van der Waals surface area (Å²) >= 11 is 0. The van der Waals surface area contributed by atoms with Crippen molar-refractivity contribution in [3.63, 3.8) is 0 Å². The van der Waals surface area contributed by atoms with Gasteiger partial charge in [-0.1, -0.05) is 0 Å². The van der Waals surface area contributed by atoms with Crippen LogP contribution in [0.3, 0.4) is 0 Å². The second-order valence-corrected chi connectivity index (χ2v) is 3.41. The molecule has 0 aromatic heterocycles. The van der Waals surface area contributed by atoms with Gasteiger partial charge in [0.05, 0.1) is 6.10 Å². The molecule has 58 valence electrons. The molecule has 0 spiro atoms. The highest BCUT2D eigenvalue weighted by molar-refractivity contribution is 4.89. The first-order chi connectivity index (χ1) is 4.86. The van der Waals surface area contributed by atoms with Crippen LogP contribution in [0, 0.1) is 0 Å². The zero-order chi connectivity index (χ0) is 6.97. The van der Waals surface area contributed by atoms with Crippen molar-refractivity contribution in [2.75, 3.05) is 6.61 Å². The SMILES string of the molecule is CC1OCCC1NC1CC1. The molecule has 2 heteroatoms. The maximum absolute atomic E-state index is 5.43. The zero-order valence-electron chi connectivity index (χ0n) is 6.47. The molecule has 0 radical (unpaired) electrons. The molecule has 0 bridgehead atoms. The van der Waals surface area contributed by atoms with Gasteiger partial charge in [-0.2, -0.15) is 0 Å². The second-order valence-electron chi connectivity index (χ2n) is 3.41. The summed E-state index contributed by atoms with van der Waals surface area (Å²) < 4.78 is 5.43. The fraction of sp³-hybridized carbons (Fsp3) is 1.00. The first kappa shape index (κ1) is 6.62. The van der Waals surface area contributed by atoms with E-state index in [9.17, 15) is 0 Å². The average Bonchev–Trinajstić information content (AvgIpc) is 2.62. The van der Waals surface area contributed by atoms with E-state index in [2.05, 4.69) is 12.2 Å². The van der Waals surface area contributed by atoms with Gasteiger partial charge in [-0.15, -0.1) is 0 Å². The van der Waals surface area contributed by atoms with Crippen LogP contribution in [0.25, 0.3) is 0 Å². The maximum Gasteiger partial charge on any atom is 0.0700 e. The Morgan fingerprint density at radius 3 is 2.60 bits per heavy atom. The molecule has 0 aromatic rings. The van der Waals surface area contributed by atoms with E-state index in [4.69, 9.17) is 4.74 Å². The van der Waals surface area contributed by atoms with Crippen molar-refractivity contribution in [2.24, 2.45) is 0 Å². The van der Waals surface area contributed by atoms with Crippen LogP contribution in [0.4, 0.5) is 0 Å². The summed E-state index contributed by atoms with van der Waals surface area (Å²) in [5, 5.41) is 3.58. The van der Waals surface area contributed by atoms with E-state index in [1.807, 2.05) is 0 Å². The van der Waals surface area contributed by atoms with Crippen molar-refractivity contribution in [2.45, 2.75) is 44.4 Å². The van der Waals surface area contributed by atoms with Crippen LogP contribution in [0.1, 0.15) is 26.2 Å². The number of hydrogen-bond donors (Lipinski definition) is 1. The number of hydrogen-bond acceptors (Lipinski definition) is 2. The van der Waals surface area contributed by atoms with Crippen molar-refractivity contribution in [3.05, 3.63) is 0 Å². The van der Waals surface area contributed by atoms with Crippen LogP contribution in [0.5, 0.6) is 0 Å². The first-order valence-electron chi connectivity index (χ1n) is 4.24. The fourth-order valence-corrected chi connectivity index (χ4v) is 1.50. The van der Waals surface area contributed by atoms with Gasteiger partial charge in [0.15, 0.2) is 0 Å². The van der Waals surface area contributed by atoms with E-state index >= 15 is 0 Å². The lowest BCUT2D eigenvalue weighted by Gasteiger charge is -2.14. The number of ether oxygens (including phenoxy) is 1. The lowest BCUT2D eigenvalue weighted by Crippen LogP contribution is -2.36. The summed E-state index contributed by atoms with van der Waals surface area (Å²) in [5.74, 6) is 0. The Labute approximate surface area is 61.9 Å². The lowest BCUT2D eigenvalue weighted by atomic mass is 10.1. The van der Waals surface area contributed by atoms with Crippen molar-refractivity contribution in [1.29, 1.82) is 0 Å². The molecule has 2 rings (SSSR count). The molecule has 1 saturated heterocycles. The lowest BCUT2D eigenvalue weighted by molar-refractivity contribution is 0.113. The Kier molecular flexibility index (Phi) is 1.66. The average molecular weight is 141 g/mol. The minimum absolute atomic E-state index is 0.445. The molecule has 2 atom stereocenters. The number of nitrogens with one attached hydrogen (secondary N) is 1. The van der Waals surface area contributed by atoms with Gasteiger partial charge in [0.2, 0.25) is 0 Å². The van der Waals surface area contributed by atoms with Gasteiger partial charge in [0, 0.05) is 18.7 Å². The van der Waals surface area contributed by atoms with Gasteiger partial charge >= 0.3 is 0 Å². The highest BCUT2D eigenvalue weighted by Crippen LogP contribution is 2.23. The molecule has 1 saturated carbocycles. The Morgan fingerprint density at radius 2 is 2.10 bits per heavy atom. The molecular formula is C8H15NO. The number of rotatable bonds is 2. The standard InChI is InChI=1S/C8H15NO/c1-6-8(4-5-10-6)9-7-2-3-7/h6-9H,2-5H2,1H3. The molecule has 0 aromatic carbocycles. The normalized spacial score (nSPS) is 40.5.